The number of aryl methyl sites for hydroxylation is 2. The molecule has 1 aliphatic heterocycles. The highest BCUT2D eigenvalue weighted by molar-refractivity contribution is 7.13. The number of likely N-dealkylation sites (tertiary alicyclic amines) is 1. The molecule has 0 bridgehead atoms. The molecule has 1 amide bonds. The Hall–Kier alpha value is -1.89. The molecule has 0 N–H and O–H groups in total. The summed E-state index contributed by atoms with van der Waals surface area (Å²) in [6.07, 6.45) is 0.135. The molecule has 1 aliphatic rings. The fourth-order valence-electron chi connectivity index (χ4n) is 3.48. The van der Waals surface area contributed by atoms with E-state index in [1.54, 1.807) is 18.3 Å². The van der Waals surface area contributed by atoms with Crippen molar-refractivity contribution in [2.45, 2.75) is 38.8 Å². The largest absolute Gasteiger partial charge is 0.416 e. The van der Waals surface area contributed by atoms with E-state index >= 15 is 0 Å². The van der Waals surface area contributed by atoms with Gasteiger partial charge in [-0.25, -0.2) is 4.98 Å². The molecule has 1 saturated heterocycles. The van der Waals surface area contributed by atoms with Crippen LogP contribution >= 0.6 is 11.3 Å². The highest BCUT2D eigenvalue weighted by Crippen LogP contribution is 2.33. The molecule has 0 aliphatic carbocycles. The fourth-order valence-corrected chi connectivity index (χ4v) is 4.22. The van der Waals surface area contributed by atoms with Crippen molar-refractivity contribution in [1.82, 2.24) is 9.88 Å². The van der Waals surface area contributed by atoms with Crippen molar-refractivity contribution < 1.29 is 18.0 Å². The Morgan fingerprint density at radius 2 is 2.12 bits per heavy atom. The minimum atomic E-state index is -4.32. The molecular weight excluding hydrogens is 361 g/mol. The van der Waals surface area contributed by atoms with Crippen LogP contribution < -0.4 is 0 Å². The van der Waals surface area contributed by atoms with Gasteiger partial charge in [0.2, 0.25) is 0 Å². The summed E-state index contributed by atoms with van der Waals surface area (Å²) in [5, 5.41) is 0.852. The quantitative estimate of drug-likeness (QED) is 0.749. The molecule has 3 rings (SSSR count). The summed E-state index contributed by atoms with van der Waals surface area (Å²) in [5.74, 6) is 0.207. The van der Waals surface area contributed by atoms with E-state index in [0.29, 0.717) is 36.4 Å². The molecule has 2 aromatic rings. The predicted molar refractivity (Wildman–Crippen MR) is 95.2 cm³/mol. The van der Waals surface area contributed by atoms with E-state index < -0.39 is 11.7 Å². The molecule has 1 aromatic carbocycles. The number of nitrogens with zero attached hydrogens (tertiary/aromatic N) is 2. The number of carbonyl (C=O) groups excluding carboxylic acids is 1. The highest BCUT2D eigenvalue weighted by atomic mass is 32.1. The van der Waals surface area contributed by atoms with Gasteiger partial charge in [0.15, 0.2) is 0 Å². The van der Waals surface area contributed by atoms with Crippen molar-refractivity contribution in [3.05, 3.63) is 51.5 Å². The normalized spacial score (nSPS) is 18.2. The van der Waals surface area contributed by atoms with Crippen LogP contribution in [0.4, 0.5) is 13.2 Å². The highest BCUT2D eigenvalue weighted by Gasteiger charge is 2.33. The van der Waals surface area contributed by atoms with Gasteiger partial charge in [-0.05, 0) is 50.2 Å². The van der Waals surface area contributed by atoms with Crippen LogP contribution in [0.1, 0.15) is 45.1 Å². The summed E-state index contributed by atoms with van der Waals surface area (Å²) in [7, 11) is 0. The Bertz CT molecular complexity index is 772. The first-order valence-electron chi connectivity index (χ1n) is 8.71. The second-order valence-electron chi connectivity index (χ2n) is 6.70. The van der Waals surface area contributed by atoms with Gasteiger partial charge >= 0.3 is 6.18 Å². The molecule has 1 atom stereocenters. The van der Waals surface area contributed by atoms with Gasteiger partial charge in [0, 0.05) is 13.1 Å². The molecule has 0 spiro atoms. The molecule has 26 heavy (non-hydrogen) atoms. The maximum atomic E-state index is 13.1. The molecule has 0 radical (unpaired) electrons. The van der Waals surface area contributed by atoms with Crippen molar-refractivity contribution in [3.63, 3.8) is 0 Å². The number of thiazole rings is 1. The summed E-state index contributed by atoms with van der Waals surface area (Å²) in [6, 6.07) is 5.75. The number of hydrogen-bond acceptors (Lipinski definition) is 3. The third kappa shape index (κ3) is 4.44. The van der Waals surface area contributed by atoms with E-state index in [1.807, 2.05) is 11.8 Å². The summed E-state index contributed by atoms with van der Waals surface area (Å²) >= 11 is 1.38. The van der Waals surface area contributed by atoms with Crippen molar-refractivity contribution in [3.8, 4) is 0 Å². The number of benzene rings is 1. The lowest BCUT2D eigenvalue weighted by Gasteiger charge is -2.32. The number of aromatic nitrogens is 1. The number of rotatable bonds is 4. The first kappa shape index (κ1) is 18.9. The lowest BCUT2D eigenvalue weighted by atomic mass is 9.90. The zero-order valence-electron chi connectivity index (χ0n) is 14.6. The monoisotopic (exact) mass is 382 g/mol. The van der Waals surface area contributed by atoms with Crippen LogP contribution in [-0.2, 0) is 12.6 Å². The van der Waals surface area contributed by atoms with Gasteiger partial charge in [-0.3, -0.25) is 4.79 Å². The molecule has 1 fully saturated rings. The zero-order chi connectivity index (χ0) is 18.7. The summed E-state index contributed by atoms with van der Waals surface area (Å²) in [6.45, 7) is 3.16. The summed E-state index contributed by atoms with van der Waals surface area (Å²) < 4.78 is 39.3. The second-order valence-corrected chi connectivity index (χ2v) is 7.93. The molecule has 1 aromatic heterocycles. The summed E-state index contributed by atoms with van der Waals surface area (Å²) in [4.78, 5) is 19.1. The Morgan fingerprint density at radius 1 is 1.35 bits per heavy atom. The Kier molecular flexibility index (Phi) is 5.65. The average Bonchev–Trinajstić information content (AvgIpc) is 3.05. The van der Waals surface area contributed by atoms with E-state index in [1.165, 1.54) is 17.4 Å². The van der Waals surface area contributed by atoms with Gasteiger partial charge in [-0.2, -0.15) is 13.2 Å². The van der Waals surface area contributed by atoms with Crippen LogP contribution in [-0.4, -0.2) is 28.9 Å². The van der Waals surface area contributed by atoms with E-state index in [9.17, 15) is 18.0 Å². The second kappa shape index (κ2) is 7.78. The van der Waals surface area contributed by atoms with Gasteiger partial charge in [0.1, 0.15) is 4.88 Å². The Morgan fingerprint density at radius 3 is 2.81 bits per heavy atom. The average molecular weight is 382 g/mol. The maximum absolute atomic E-state index is 13.1. The lowest BCUT2D eigenvalue weighted by Crippen LogP contribution is -2.39. The number of piperidine rings is 1. The zero-order valence-corrected chi connectivity index (χ0v) is 15.4. The number of hydrogen-bond donors (Lipinski definition) is 0. The number of halogens is 3. The van der Waals surface area contributed by atoms with Gasteiger partial charge in [-0.15, -0.1) is 11.3 Å². The summed E-state index contributed by atoms with van der Waals surface area (Å²) in [5.41, 5.74) is -0.217. The van der Waals surface area contributed by atoms with Crippen LogP contribution in [0.25, 0.3) is 0 Å². The third-order valence-electron chi connectivity index (χ3n) is 4.78. The molecule has 3 nitrogen and oxygen atoms in total. The minimum Gasteiger partial charge on any atom is -0.338 e. The lowest BCUT2D eigenvalue weighted by molar-refractivity contribution is -0.138. The predicted octanol–water partition coefficient (Wildman–Crippen LogP) is 4.96. The fraction of sp³-hybridized carbons (Fsp3) is 0.474. The number of alkyl halides is 3. The van der Waals surface area contributed by atoms with Crippen LogP contribution in [0.2, 0.25) is 0 Å². The van der Waals surface area contributed by atoms with Crippen molar-refractivity contribution in [2.24, 2.45) is 5.92 Å². The molecule has 0 unspecified atom stereocenters. The van der Waals surface area contributed by atoms with Gasteiger partial charge in [0.25, 0.3) is 5.91 Å². The molecular formula is C19H21F3N2OS. The third-order valence-corrected chi connectivity index (χ3v) is 5.68. The van der Waals surface area contributed by atoms with E-state index in [0.717, 1.165) is 23.9 Å². The topological polar surface area (TPSA) is 33.2 Å². The molecule has 0 saturated carbocycles. The first-order chi connectivity index (χ1) is 12.3. The van der Waals surface area contributed by atoms with E-state index in [2.05, 4.69) is 4.98 Å². The number of amides is 1. The Balaban J connectivity index is 1.62. The van der Waals surface area contributed by atoms with Crippen molar-refractivity contribution >= 4 is 17.2 Å². The van der Waals surface area contributed by atoms with Gasteiger partial charge < -0.3 is 4.90 Å². The molecule has 140 valence electrons. The van der Waals surface area contributed by atoms with Crippen molar-refractivity contribution in [2.75, 3.05) is 13.1 Å². The number of carbonyl (C=O) groups is 1. The van der Waals surface area contributed by atoms with Crippen LogP contribution in [0.3, 0.4) is 0 Å². The van der Waals surface area contributed by atoms with Crippen LogP contribution in [0.15, 0.2) is 30.5 Å². The Labute approximate surface area is 154 Å². The van der Waals surface area contributed by atoms with Crippen LogP contribution in [0, 0.1) is 12.8 Å². The SMILES string of the molecule is Cc1ncc(C(=O)N2CCC[C@H](CCc3ccccc3C(F)(F)F)C2)s1. The van der Waals surface area contributed by atoms with E-state index in [4.69, 9.17) is 0 Å². The first-order valence-corrected chi connectivity index (χ1v) is 9.53. The maximum Gasteiger partial charge on any atom is 0.416 e. The minimum absolute atomic E-state index is 0.0176. The molecule has 7 heteroatoms. The standard InChI is InChI=1S/C19H21F3N2OS/c1-13-23-11-17(26-13)18(25)24-10-4-5-14(12-24)8-9-15-6-2-3-7-16(15)19(20,21)22/h2-3,6-7,11,14H,4-5,8-10,12H2,1H3/t14-/m1/s1. The van der Waals surface area contributed by atoms with Crippen LogP contribution in [0.5, 0.6) is 0 Å². The van der Waals surface area contributed by atoms with Gasteiger partial charge in [0.05, 0.1) is 16.8 Å². The smallest absolute Gasteiger partial charge is 0.338 e. The van der Waals surface area contributed by atoms with Crippen molar-refractivity contribution in [1.29, 1.82) is 0 Å². The molecule has 2 heterocycles. The van der Waals surface area contributed by atoms with E-state index in [-0.39, 0.29) is 11.8 Å². The van der Waals surface area contributed by atoms with Gasteiger partial charge in [-0.1, -0.05) is 18.2 Å².